The highest BCUT2D eigenvalue weighted by Gasteiger charge is 2.24. The Balaban J connectivity index is 1.32. The van der Waals surface area contributed by atoms with Crippen LogP contribution < -0.4 is 10.2 Å². The van der Waals surface area contributed by atoms with E-state index in [9.17, 15) is 9.59 Å². The van der Waals surface area contributed by atoms with Gasteiger partial charge in [-0.2, -0.15) is 5.10 Å². The molecule has 2 amide bonds. The highest BCUT2D eigenvalue weighted by Crippen LogP contribution is 2.22. The van der Waals surface area contributed by atoms with Gasteiger partial charge in [-0.05, 0) is 25.5 Å². The molecule has 0 fully saturated rings. The summed E-state index contributed by atoms with van der Waals surface area (Å²) in [6, 6.07) is 5.42. The van der Waals surface area contributed by atoms with Gasteiger partial charge in [-0.15, -0.1) is 0 Å². The van der Waals surface area contributed by atoms with Crippen LogP contribution in [-0.2, 0) is 16.1 Å². The van der Waals surface area contributed by atoms with Crippen LogP contribution >= 0.6 is 0 Å². The number of nitrogens with one attached hydrogen (secondary N) is 1. The Bertz CT molecular complexity index is 1020. The molecule has 9 nitrogen and oxygen atoms in total. The molecule has 0 atom stereocenters. The van der Waals surface area contributed by atoms with Crippen LogP contribution in [0, 0.1) is 6.92 Å². The van der Waals surface area contributed by atoms with E-state index in [1.54, 1.807) is 41.8 Å². The number of pyridine rings is 1. The zero-order valence-corrected chi connectivity index (χ0v) is 16.1. The van der Waals surface area contributed by atoms with Gasteiger partial charge in [0, 0.05) is 44.4 Å². The maximum absolute atomic E-state index is 12.6. The van der Waals surface area contributed by atoms with E-state index < -0.39 is 0 Å². The first-order chi connectivity index (χ1) is 14.1. The third kappa shape index (κ3) is 4.29. The van der Waals surface area contributed by atoms with Crippen molar-refractivity contribution in [1.82, 2.24) is 24.7 Å². The molecule has 1 N–H and O–H groups in total. The van der Waals surface area contributed by atoms with E-state index in [4.69, 9.17) is 0 Å². The van der Waals surface area contributed by atoms with E-state index >= 15 is 0 Å². The topological polar surface area (TPSA) is 106 Å². The zero-order chi connectivity index (χ0) is 20.2. The van der Waals surface area contributed by atoms with Crippen molar-refractivity contribution in [3.05, 3.63) is 48.7 Å². The lowest BCUT2D eigenvalue weighted by molar-refractivity contribution is -0.122. The normalized spacial score (nSPS) is 13.1. The average Bonchev–Trinajstić information content (AvgIpc) is 3.13. The van der Waals surface area contributed by atoms with Gasteiger partial charge >= 0.3 is 0 Å². The number of aromatic nitrogens is 5. The zero-order valence-electron chi connectivity index (χ0n) is 16.1. The highest BCUT2D eigenvalue weighted by molar-refractivity contribution is 5.97. The molecular weight excluding hydrogens is 370 g/mol. The van der Waals surface area contributed by atoms with Crippen molar-refractivity contribution in [1.29, 1.82) is 0 Å². The number of carbonyl (C=O) groups is 2. The molecule has 4 rings (SSSR count). The van der Waals surface area contributed by atoms with Gasteiger partial charge in [-0.1, -0.05) is 0 Å². The maximum Gasteiger partial charge on any atom is 0.228 e. The fourth-order valence-corrected chi connectivity index (χ4v) is 3.29. The number of fused-ring (bicyclic) bond motifs is 1. The number of nitrogens with zero attached hydrogens (tertiary/aromatic N) is 6. The highest BCUT2D eigenvalue weighted by atomic mass is 16.2. The van der Waals surface area contributed by atoms with Gasteiger partial charge in [0.1, 0.15) is 11.5 Å². The molecule has 0 aromatic carbocycles. The lowest BCUT2D eigenvalue weighted by atomic mass is 10.2. The van der Waals surface area contributed by atoms with E-state index in [2.05, 4.69) is 25.4 Å². The second-order valence-corrected chi connectivity index (χ2v) is 6.84. The van der Waals surface area contributed by atoms with Crippen LogP contribution in [0.3, 0.4) is 0 Å². The van der Waals surface area contributed by atoms with Crippen molar-refractivity contribution in [3.8, 4) is 11.4 Å². The second-order valence-electron chi connectivity index (χ2n) is 6.84. The quantitative estimate of drug-likeness (QED) is 0.715. The largest absolute Gasteiger partial charge is 0.325 e. The first-order valence-corrected chi connectivity index (χ1v) is 9.47. The summed E-state index contributed by atoms with van der Waals surface area (Å²) in [6.07, 6.45) is 7.49. The number of amides is 2. The first kappa shape index (κ1) is 18.7. The molecule has 0 spiro atoms. The summed E-state index contributed by atoms with van der Waals surface area (Å²) in [5.41, 5.74) is 2.78. The molecule has 3 aromatic heterocycles. The van der Waals surface area contributed by atoms with Gasteiger partial charge in [0.15, 0.2) is 0 Å². The molecule has 29 heavy (non-hydrogen) atoms. The number of hydrogen-bond acceptors (Lipinski definition) is 6. The van der Waals surface area contributed by atoms with Gasteiger partial charge < -0.3 is 5.32 Å². The van der Waals surface area contributed by atoms with Crippen molar-refractivity contribution in [2.45, 2.75) is 32.7 Å². The number of carbonyl (C=O) groups excluding carboxylic acids is 2. The first-order valence-electron chi connectivity index (χ1n) is 9.47. The van der Waals surface area contributed by atoms with Crippen molar-refractivity contribution in [2.75, 3.05) is 16.8 Å². The van der Waals surface area contributed by atoms with E-state index in [1.807, 2.05) is 17.7 Å². The Morgan fingerprint density at radius 2 is 1.97 bits per heavy atom. The van der Waals surface area contributed by atoms with Crippen LogP contribution in [0.5, 0.6) is 0 Å². The summed E-state index contributed by atoms with van der Waals surface area (Å²) in [6.45, 7) is 3.37. The summed E-state index contributed by atoms with van der Waals surface area (Å²) >= 11 is 0. The molecule has 0 radical (unpaired) electrons. The van der Waals surface area contributed by atoms with Gasteiger partial charge in [0.05, 0.1) is 29.5 Å². The Labute approximate surface area is 167 Å². The summed E-state index contributed by atoms with van der Waals surface area (Å²) in [5.74, 6) is 0.509. The molecular formula is C20H21N7O2. The van der Waals surface area contributed by atoms with Crippen LogP contribution in [0.4, 0.5) is 11.5 Å². The van der Waals surface area contributed by atoms with E-state index in [0.717, 1.165) is 24.5 Å². The molecule has 0 bridgehead atoms. The van der Waals surface area contributed by atoms with Crippen molar-refractivity contribution >= 4 is 23.3 Å². The van der Waals surface area contributed by atoms with Crippen molar-refractivity contribution in [3.63, 3.8) is 0 Å². The molecule has 148 valence electrons. The van der Waals surface area contributed by atoms with Crippen LogP contribution in [0.25, 0.3) is 11.4 Å². The van der Waals surface area contributed by atoms with Crippen LogP contribution in [-0.4, -0.2) is 43.1 Å². The van der Waals surface area contributed by atoms with Crippen molar-refractivity contribution < 1.29 is 9.59 Å². The summed E-state index contributed by atoms with van der Waals surface area (Å²) < 4.78 is 1.85. The second kappa shape index (κ2) is 8.17. The van der Waals surface area contributed by atoms with E-state index in [-0.39, 0.29) is 24.7 Å². The van der Waals surface area contributed by atoms with Crippen molar-refractivity contribution in [2.24, 2.45) is 0 Å². The third-order valence-corrected chi connectivity index (χ3v) is 4.65. The summed E-state index contributed by atoms with van der Waals surface area (Å²) in [5, 5.41) is 7.17. The Morgan fingerprint density at radius 1 is 1.07 bits per heavy atom. The fourth-order valence-electron chi connectivity index (χ4n) is 3.29. The molecule has 0 unspecified atom stereocenters. The van der Waals surface area contributed by atoms with Crippen LogP contribution in [0.1, 0.15) is 25.0 Å². The van der Waals surface area contributed by atoms with E-state index in [0.29, 0.717) is 23.6 Å². The number of rotatable bonds is 5. The monoisotopic (exact) mass is 391 g/mol. The maximum atomic E-state index is 12.6. The fraction of sp³-hybridized carbons (Fsp3) is 0.300. The smallest absolute Gasteiger partial charge is 0.228 e. The predicted molar refractivity (Wildman–Crippen MR) is 107 cm³/mol. The molecule has 1 aliphatic heterocycles. The molecule has 0 saturated heterocycles. The van der Waals surface area contributed by atoms with E-state index in [1.165, 1.54) is 0 Å². The SMILES string of the molecule is Cc1cc2n(n1)CCCN2C(=O)CCC(=O)Nc1ccc(-c2cnccn2)nc1. The number of anilines is 2. The Morgan fingerprint density at radius 3 is 2.72 bits per heavy atom. The number of aryl methyl sites for hydroxylation is 2. The molecule has 1 aliphatic rings. The predicted octanol–water partition coefficient (Wildman–Crippen LogP) is 2.20. The van der Waals surface area contributed by atoms with Gasteiger partial charge in [-0.3, -0.25) is 29.4 Å². The van der Waals surface area contributed by atoms with Crippen LogP contribution in [0.2, 0.25) is 0 Å². The minimum atomic E-state index is -0.228. The molecule has 9 heteroatoms. The number of hydrogen-bond donors (Lipinski definition) is 1. The van der Waals surface area contributed by atoms with Gasteiger partial charge in [0.2, 0.25) is 11.8 Å². The summed E-state index contributed by atoms with van der Waals surface area (Å²) in [7, 11) is 0. The molecule has 0 aliphatic carbocycles. The Hall–Kier alpha value is -3.62. The molecule has 3 aromatic rings. The summed E-state index contributed by atoms with van der Waals surface area (Å²) in [4.78, 5) is 39.1. The van der Waals surface area contributed by atoms with Gasteiger partial charge in [0.25, 0.3) is 0 Å². The third-order valence-electron chi connectivity index (χ3n) is 4.65. The van der Waals surface area contributed by atoms with Crippen LogP contribution in [0.15, 0.2) is 43.0 Å². The van der Waals surface area contributed by atoms with Gasteiger partial charge in [-0.25, -0.2) is 4.68 Å². The lowest BCUT2D eigenvalue weighted by Crippen LogP contribution is -2.37. The molecule has 0 saturated carbocycles. The minimum absolute atomic E-state index is 0.0721. The average molecular weight is 391 g/mol. The Kier molecular flexibility index (Phi) is 5.28. The standard InChI is InChI=1S/C20H21N7O2/c1-14-11-19-26(9-2-10-27(19)25-14)20(29)6-5-18(28)24-15-3-4-16(23-12-15)17-13-21-7-8-22-17/h3-4,7-8,11-13H,2,5-6,9-10H2,1H3,(H,24,28). The molecule has 4 heterocycles. The minimum Gasteiger partial charge on any atom is -0.325 e. The lowest BCUT2D eigenvalue weighted by Gasteiger charge is -2.27.